The summed E-state index contributed by atoms with van der Waals surface area (Å²) in [5.41, 5.74) is 0.828. The molecule has 3 aromatic rings. The van der Waals surface area contributed by atoms with Crippen LogP contribution in [0.5, 0.6) is 0 Å². The van der Waals surface area contributed by atoms with Gasteiger partial charge in [-0.15, -0.1) is 9.13 Å². The van der Waals surface area contributed by atoms with Gasteiger partial charge in [0.15, 0.2) is 26.2 Å². The van der Waals surface area contributed by atoms with Gasteiger partial charge >= 0.3 is 35.8 Å². The van der Waals surface area contributed by atoms with E-state index < -0.39 is 65.7 Å². The Bertz CT molecular complexity index is 1860. The molecule has 2 unspecified atom stereocenters. The third-order valence-electron chi connectivity index (χ3n) is 8.78. The molecule has 0 spiro atoms. The first-order valence-corrected chi connectivity index (χ1v) is 16.9. The van der Waals surface area contributed by atoms with Crippen LogP contribution in [0.15, 0.2) is 53.9 Å². The first-order chi connectivity index (χ1) is 23.5. The van der Waals surface area contributed by atoms with Crippen molar-refractivity contribution in [3.05, 3.63) is 66.3 Å². The first-order valence-electron chi connectivity index (χ1n) is 15.3. The Morgan fingerprint density at radius 3 is 1.64 bits per heavy atom. The Morgan fingerprint density at radius 1 is 0.800 bits per heavy atom. The second-order valence-electron chi connectivity index (χ2n) is 12.4. The first kappa shape index (κ1) is 35.8. The SMILES string of the molecule is CC(=O)CN(CC(=O)O)C(=O)C[n+]1ccn2c1C[N+]1(CCc3ccc(S(N)(=O)=O)cc3)Cc3n(cc[n+]3CC(=O)N(CC(=O)O)CC(=O)O)C21. The number of nitrogens with zero attached hydrogens (tertiary/aromatic N) is 7. The van der Waals surface area contributed by atoms with Crippen molar-refractivity contribution in [3.63, 3.8) is 0 Å². The number of carboxylic acid groups (broad SMARTS) is 3. The number of rotatable bonds is 16. The summed E-state index contributed by atoms with van der Waals surface area (Å²) in [4.78, 5) is 73.8. The van der Waals surface area contributed by atoms with E-state index in [4.69, 9.17) is 5.14 Å². The quantitative estimate of drug-likeness (QED) is 0.0865. The van der Waals surface area contributed by atoms with Crippen molar-refractivity contribution < 1.29 is 66.1 Å². The Hall–Kier alpha value is -5.47. The van der Waals surface area contributed by atoms with E-state index in [-0.39, 0.29) is 30.3 Å². The number of amides is 2. The third kappa shape index (κ3) is 7.56. The fourth-order valence-electron chi connectivity index (χ4n) is 6.63. The van der Waals surface area contributed by atoms with Gasteiger partial charge in [-0.1, -0.05) is 12.1 Å². The molecule has 2 aliphatic heterocycles. The number of hydrogen-bond acceptors (Lipinski definition) is 8. The molecule has 2 aromatic heterocycles. The molecule has 2 amide bonds. The summed E-state index contributed by atoms with van der Waals surface area (Å²) in [6.45, 7) is -0.569. The molecular weight excluding hydrogens is 680 g/mol. The predicted molar refractivity (Wildman–Crippen MR) is 164 cm³/mol. The van der Waals surface area contributed by atoms with Crippen LogP contribution in [0.1, 0.15) is 30.4 Å². The van der Waals surface area contributed by atoms with Gasteiger partial charge in [-0.25, -0.2) is 27.2 Å². The topological polar surface area (TPSA) is 247 Å². The van der Waals surface area contributed by atoms with E-state index in [0.29, 0.717) is 36.4 Å². The molecule has 266 valence electrons. The lowest BCUT2D eigenvalue weighted by atomic mass is 10.1. The average Bonchev–Trinajstić information content (AvgIpc) is 3.73. The number of primary sulfonamides is 1. The van der Waals surface area contributed by atoms with Crippen molar-refractivity contribution >= 4 is 45.5 Å². The molecule has 2 atom stereocenters. The Morgan fingerprint density at radius 2 is 1.24 bits per heavy atom. The molecule has 0 saturated carbocycles. The van der Waals surface area contributed by atoms with E-state index in [2.05, 4.69) is 0 Å². The molecule has 5 rings (SSSR count). The van der Waals surface area contributed by atoms with E-state index >= 15 is 0 Å². The number of imidazole rings is 2. The minimum atomic E-state index is -3.89. The normalized spacial score (nSPS) is 17.4. The van der Waals surface area contributed by atoms with Crippen LogP contribution < -0.4 is 14.3 Å². The number of carboxylic acids is 3. The number of aliphatic carboxylic acids is 3. The molecule has 19 nitrogen and oxygen atoms in total. The van der Waals surface area contributed by atoms with Crippen LogP contribution in [0.25, 0.3) is 0 Å². The second kappa shape index (κ2) is 13.8. The zero-order valence-electron chi connectivity index (χ0n) is 27.0. The summed E-state index contributed by atoms with van der Waals surface area (Å²) < 4.78 is 31.2. The zero-order valence-corrected chi connectivity index (χ0v) is 27.8. The van der Waals surface area contributed by atoms with Crippen molar-refractivity contribution in [2.24, 2.45) is 5.14 Å². The smallest absolute Gasteiger partial charge is 0.380 e. The number of hydrogen-bond donors (Lipinski definition) is 4. The van der Waals surface area contributed by atoms with Gasteiger partial charge < -0.3 is 25.1 Å². The summed E-state index contributed by atoms with van der Waals surface area (Å²) in [6.07, 6.45) is 6.97. The molecule has 1 aromatic carbocycles. The van der Waals surface area contributed by atoms with Crippen LogP contribution in [0.3, 0.4) is 0 Å². The van der Waals surface area contributed by atoms with Crippen LogP contribution in [0, 0.1) is 0 Å². The van der Waals surface area contributed by atoms with Crippen molar-refractivity contribution in [3.8, 4) is 0 Å². The number of aromatic nitrogens is 4. The summed E-state index contributed by atoms with van der Waals surface area (Å²) in [6, 6.07) is 6.18. The van der Waals surface area contributed by atoms with Crippen LogP contribution in [0.4, 0.5) is 0 Å². The fourth-order valence-corrected chi connectivity index (χ4v) is 7.14. The van der Waals surface area contributed by atoms with Crippen LogP contribution in [-0.4, -0.2) is 115 Å². The summed E-state index contributed by atoms with van der Waals surface area (Å²) >= 11 is 0. The van der Waals surface area contributed by atoms with Gasteiger partial charge in [0.1, 0.15) is 50.2 Å². The third-order valence-corrected chi connectivity index (χ3v) is 9.71. The zero-order chi connectivity index (χ0) is 36.5. The van der Waals surface area contributed by atoms with Crippen molar-refractivity contribution in [1.29, 1.82) is 0 Å². The molecule has 50 heavy (non-hydrogen) atoms. The van der Waals surface area contributed by atoms with E-state index in [1.54, 1.807) is 46.1 Å². The maximum atomic E-state index is 13.2. The number of carbonyl (C=O) groups excluding carboxylic acids is 3. The number of quaternary nitrogens is 1. The number of sulfonamides is 1. The molecule has 0 aliphatic carbocycles. The van der Waals surface area contributed by atoms with E-state index in [0.717, 1.165) is 21.2 Å². The average molecular weight is 718 g/mol. The lowest BCUT2D eigenvalue weighted by Crippen LogP contribution is -2.51. The molecule has 4 heterocycles. The van der Waals surface area contributed by atoms with Gasteiger partial charge in [0, 0.05) is 6.42 Å². The molecule has 5 N–H and O–H groups in total. The van der Waals surface area contributed by atoms with Gasteiger partial charge in [-0.05, 0) is 24.6 Å². The number of Topliss-reactive ketones (excluding diaryl/α,β-unsaturated/α-hetero) is 1. The lowest BCUT2D eigenvalue weighted by Gasteiger charge is -2.28. The predicted octanol–water partition coefficient (Wildman–Crippen LogP) is -2.90. The fraction of sp³-hybridized carbons (Fsp3) is 0.400. The monoisotopic (exact) mass is 717 g/mol. The van der Waals surface area contributed by atoms with Gasteiger partial charge in [-0.3, -0.25) is 28.8 Å². The molecular formula is C30H37N8O11S+3. The Kier molecular flexibility index (Phi) is 9.89. The highest BCUT2D eigenvalue weighted by atomic mass is 32.2. The van der Waals surface area contributed by atoms with Crippen molar-refractivity contribution in [2.45, 2.75) is 50.7 Å². The van der Waals surface area contributed by atoms with Crippen LogP contribution in [-0.2, 0) is 71.4 Å². The number of nitrogens with two attached hydrogens (primary N) is 1. The van der Waals surface area contributed by atoms with E-state index in [1.807, 2.05) is 9.13 Å². The van der Waals surface area contributed by atoms with Crippen molar-refractivity contribution in [2.75, 3.05) is 32.7 Å². The molecule has 2 aliphatic rings. The number of carbonyl (C=O) groups is 6. The molecule has 0 fully saturated rings. The van der Waals surface area contributed by atoms with Gasteiger partial charge in [-0.2, -0.15) is 0 Å². The molecule has 0 radical (unpaired) electrons. The van der Waals surface area contributed by atoms with Crippen LogP contribution >= 0.6 is 0 Å². The van der Waals surface area contributed by atoms with E-state index in [9.17, 15) is 52.5 Å². The van der Waals surface area contributed by atoms with Gasteiger partial charge in [0.05, 0.1) is 18.0 Å². The van der Waals surface area contributed by atoms with Gasteiger partial charge in [0.2, 0.25) is 10.0 Å². The number of fused-ring (bicyclic) bond motifs is 5. The second-order valence-corrected chi connectivity index (χ2v) is 14.0. The standard InChI is InChI=1S/C30H34N8O11S/c1-20(39)12-34(15-27(42)43)25(40)13-32-7-9-36-23(32)18-38(11-6-21-2-4-22(5-3-21)50(31,48)49)19-24-33(8-10-37(24)30(36)38)14-26(41)35(16-28(44)45)17-29(46)47/h2-5,7-10,30H,6,11-19H2,1H3,(H2-3,31,42,43,44,45,46,47,48,49)/p+3. The Labute approximate surface area is 285 Å². The highest BCUT2D eigenvalue weighted by Gasteiger charge is 2.63. The van der Waals surface area contributed by atoms with Crippen LogP contribution in [0.2, 0.25) is 0 Å². The molecule has 0 saturated heterocycles. The number of ketones is 1. The largest absolute Gasteiger partial charge is 0.480 e. The minimum Gasteiger partial charge on any atom is -0.480 e. The number of benzene rings is 1. The maximum absolute atomic E-state index is 13.2. The lowest BCUT2D eigenvalue weighted by molar-refractivity contribution is -0.981. The highest BCUT2D eigenvalue weighted by Crippen LogP contribution is 2.42. The highest BCUT2D eigenvalue weighted by molar-refractivity contribution is 7.89. The molecule has 20 heteroatoms. The Balaban J connectivity index is 1.46. The van der Waals surface area contributed by atoms with E-state index in [1.165, 1.54) is 19.1 Å². The van der Waals surface area contributed by atoms with Gasteiger partial charge in [0.25, 0.3) is 11.8 Å². The van der Waals surface area contributed by atoms with Crippen molar-refractivity contribution in [1.82, 2.24) is 18.9 Å². The minimum absolute atomic E-state index is 0.0293. The molecule has 0 bridgehead atoms. The summed E-state index contributed by atoms with van der Waals surface area (Å²) in [5.74, 6) is -4.14. The summed E-state index contributed by atoms with van der Waals surface area (Å²) in [5, 5.41) is 33.0. The maximum Gasteiger partial charge on any atom is 0.380 e. The summed E-state index contributed by atoms with van der Waals surface area (Å²) in [7, 11) is -3.89.